The first kappa shape index (κ1) is 19.9. The summed E-state index contributed by atoms with van der Waals surface area (Å²) in [6.07, 6.45) is 3.89. The summed E-state index contributed by atoms with van der Waals surface area (Å²) in [6.45, 7) is 10.6. The quantitative estimate of drug-likeness (QED) is 0.838. The minimum absolute atomic E-state index is 0.00249. The largest absolute Gasteiger partial charge is 0.355 e. The van der Waals surface area contributed by atoms with Gasteiger partial charge in [-0.1, -0.05) is 13.0 Å². The van der Waals surface area contributed by atoms with Gasteiger partial charge in [-0.15, -0.1) is 0 Å². The van der Waals surface area contributed by atoms with E-state index in [-0.39, 0.29) is 23.9 Å². The fraction of sp³-hybridized carbons (Fsp3) is 0.409. The maximum Gasteiger partial charge on any atom is 0.251 e. The van der Waals surface area contributed by atoms with Gasteiger partial charge >= 0.3 is 0 Å². The van der Waals surface area contributed by atoms with Gasteiger partial charge in [-0.3, -0.25) is 4.79 Å². The Morgan fingerprint density at radius 1 is 1.25 bits per heavy atom. The van der Waals surface area contributed by atoms with E-state index >= 15 is 0 Å². The van der Waals surface area contributed by atoms with Crippen molar-refractivity contribution in [3.8, 4) is 0 Å². The average molecular weight is 380 g/mol. The number of anilines is 2. The first-order valence-corrected chi connectivity index (χ1v) is 9.71. The van der Waals surface area contributed by atoms with E-state index < -0.39 is 0 Å². The second-order valence-electron chi connectivity index (χ2n) is 7.40. The highest BCUT2D eigenvalue weighted by molar-refractivity contribution is 5.95. The molecule has 3 atom stereocenters. The molecule has 0 bridgehead atoms. The van der Waals surface area contributed by atoms with Crippen molar-refractivity contribution >= 4 is 17.5 Å². The maximum atomic E-state index is 12.2. The molecule has 0 fully saturated rings. The van der Waals surface area contributed by atoms with Gasteiger partial charge in [0.1, 0.15) is 0 Å². The minimum atomic E-state index is -0.0889. The van der Waals surface area contributed by atoms with E-state index in [4.69, 9.17) is 0 Å². The van der Waals surface area contributed by atoms with Crippen molar-refractivity contribution in [3.63, 3.8) is 0 Å². The average Bonchev–Trinajstić information content (AvgIpc) is 2.70. The van der Waals surface area contributed by atoms with Crippen molar-refractivity contribution in [2.24, 2.45) is 5.92 Å². The second-order valence-corrected chi connectivity index (χ2v) is 7.40. The van der Waals surface area contributed by atoms with Crippen LogP contribution in [0.15, 0.2) is 42.2 Å². The fourth-order valence-electron chi connectivity index (χ4n) is 3.84. The molecule has 0 spiro atoms. The first-order chi connectivity index (χ1) is 13.4. The van der Waals surface area contributed by atoms with Crippen LogP contribution in [0, 0.1) is 12.8 Å². The van der Waals surface area contributed by atoms with Crippen LogP contribution in [0.3, 0.4) is 0 Å². The van der Waals surface area contributed by atoms with Crippen molar-refractivity contribution in [1.82, 2.24) is 15.3 Å². The zero-order valence-electron chi connectivity index (χ0n) is 17.4. The van der Waals surface area contributed by atoms with E-state index in [9.17, 15) is 4.79 Å². The normalized spacial score (nSPS) is 21.9. The Morgan fingerprint density at radius 3 is 2.64 bits per heavy atom. The Morgan fingerprint density at radius 2 is 2.00 bits per heavy atom. The molecule has 3 rings (SSSR count). The molecule has 2 heterocycles. The van der Waals surface area contributed by atoms with Crippen molar-refractivity contribution in [2.75, 3.05) is 17.3 Å². The summed E-state index contributed by atoms with van der Waals surface area (Å²) in [4.78, 5) is 23.5. The van der Waals surface area contributed by atoms with Crippen LogP contribution >= 0.6 is 0 Å². The number of aryl methyl sites for hydroxylation is 1. The number of hydrogen-bond donors (Lipinski definition) is 2. The monoisotopic (exact) mass is 379 g/mol. The van der Waals surface area contributed by atoms with Gasteiger partial charge < -0.3 is 15.5 Å². The lowest BCUT2D eigenvalue weighted by atomic mass is 9.82. The minimum Gasteiger partial charge on any atom is -0.355 e. The van der Waals surface area contributed by atoms with Gasteiger partial charge in [-0.05, 0) is 57.5 Å². The molecule has 0 saturated carbocycles. The number of benzene rings is 1. The molecule has 28 heavy (non-hydrogen) atoms. The number of carbonyl (C=O) groups excluding carboxylic acids is 1. The van der Waals surface area contributed by atoms with Crippen LogP contribution in [-0.2, 0) is 0 Å². The van der Waals surface area contributed by atoms with Gasteiger partial charge in [-0.25, -0.2) is 9.97 Å². The maximum absolute atomic E-state index is 12.2. The van der Waals surface area contributed by atoms with Gasteiger partial charge in [0.2, 0.25) is 5.95 Å². The molecule has 6 nitrogen and oxygen atoms in total. The van der Waals surface area contributed by atoms with Crippen molar-refractivity contribution in [2.45, 2.75) is 46.7 Å². The summed E-state index contributed by atoms with van der Waals surface area (Å²) in [6, 6.07) is 8.07. The predicted octanol–water partition coefficient (Wildman–Crippen LogP) is 4.07. The molecule has 2 N–H and O–H groups in total. The summed E-state index contributed by atoms with van der Waals surface area (Å²) in [7, 11) is 1.65. The molecule has 6 heteroatoms. The lowest BCUT2D eigenvalue weighted by Crippen LogP contribution is -2.45. The third-order valence-corrected chi connectivity index (χ3v) is 5.68. The molecule has 148 valence electrons. The number of nitrogens with zero attached hydrogens (tertiary/aromatic N) is 3. The van der Waals surface area contributed by atoms with E-state index in [2.05, 4.69) is 59.3 Å². The number of hydrogen-bond acceptors (Lipinski definition) is 5. The lowest BCUT2D eigenvalue weighted by molar-refractivity contribution is 0.0963. The van der Waals surface area contributed by atoms with Crippen LogP contribution in [0.4, 0.5) is 11.6 Å². The smallest absolute Gasteiger partial charge is 0.251 e. The molecule has 1 aliphatic rings. The number of aromatic nitrogens is 2. The van der Waals surface area contributed by atoms with Crippen LogP contribution in [0.2, 0.25) is 0 Å². The zero-order valence-corrected chi connectivity index (χ0v) is 17.4. The van der Waals surface area contributed by atoms with E-state index in [1.165, 1.54) is 5.70 Å². The fourth-order valence-corrected chi connectivity index (χ4v) is 3.84. The van der Waals surface area contributed by atoms with Crippen LogP contribution in [0.1, 0.15) is 55.4 Å². The lowest BCUT2D eigenvalue weighted by Gasteiger charge is -2.46. The Kier molecular flexibility index (Phi) is 5.68. The van der Waals surface area contributed by atoms with Crippen LogP contribution in [0.5, 0.6) is 0 Å². The second kappa shape index (κ2) is 8.00. The number of nitrogens with one attached hydrogen (secondary N) is 2. The molecule has 0 radical (unpaired) electrons. The first-order valence-electron chi connectivity index (χ1n) is 9.71. The molecule has 0 aliphatic carbocycles. The van der Waals surface area contributed by atoms with Crippen LogP contribution in [0.25, 0.3) is 0 Å². The van der Waals surface area contributed by atoms with Crippen LogP contribution < -0.4 is 15.5 Å². The molecule has 1 aliphatic heterocycles. The summed E-state index contributed by atoms with van der Waals surface area (Å²) in [5.74, 6) is 0.789. The topological polar surface area (TPSA) is 70.2 Å². The Balaban J connectivity index is 2.13. The highest BCUT2D eigenvalue weighted by atomic mass is 16.1. The van der Waals surface area contributed by atoms with Gasteiger partial charge in [0.05, 0.1) is 6.04 Å². The zero-order chi connectivity index (χ0) is 20.4. The van der Waals surface area contributed by atoms with E-state index in [0.29, 0.717) is 11.5 Å². The molecule has 3 unspecified atom stereocenters. The van der Waals surface area contributed by atoms with E-state index in [1.807, 2.05) is 31.2 Å². The van der Waals surface area contributed by atoms with Gasteiger partial charge in [0.15, 0.2) is 0 Å². The third-order valence-electron chi connectivity index (χ3n) is 5.68. The number of allylic oxidation sites excluding steroid dienone is 2. The molecule has 1 aromatic carbocycles. The molecule has 1 aromatic heterocycles. The number of rotatable bonds is 4. The van der Waals surface area contributed by atoms with Crippen molar-refractivity contribution in [3.05, 3.63) is 59.1 Å². The van der Waals surface area contributed by atoms with E-state index in [1.54, 1.807) is 13.2 Å². The number of fused-ring (bicyclic) bond motifs is 1. The molecule has 1 amide bonds. The third kappa shape index (κ3) is 3.59. The Bertz CT molecular complexity index is 908. The van der Waals surface area contributed by atoms with Gasteiger partial charge in [-0.2, -0.15) is 0 Å². The summed E-state index contributed by atoms with van der Waals surface area (Å²) in [5.41, 5.74) is 4.95. The van der Waals surface area contributed by atoms with Crippen molar-refractivity contribution < 1.29 is 4.79 Å². The Labute approximate surface area is 167 Å². The molecular weight excluding hydrogens is 350 g/mol. The van der Waals surface area contributed by atoms with Gasteiger partial charge in [0.25, 0.3) is 5.91 Å². The summed E-state index contributed by atoms with van der Waals surface area (Å²) < 4.78 is 0. The molecule has 0 saturated heterocycles. The highest BCUT2D eigenvalue weighted by Crippen LogP contribution is 2.44. The number of amides is 1. The SMILES string of the molecule is CC=C(C)N1c2ccc(C(=O)NC)cc2C(Nc2nccc(C)n2)C(C)C1C. The van der Waals surface area contributed by atoms with Crippen molar-refractivity contribution in [1.29, 1.82) is 0 Å². The summed E-state index contributed by atoms with van der Waals surface area (Å²) >= 11 is 0. The highest BCUT2D eigenvalue weighted by Gasteiger charge is 2.37. The number of carbonyl (C=O) groups is 1. The standard InChI is InChI=1S/C22H29N5O/c1-7-14(3)27-16(5)15(4)20(26-22-24-11-10-13(2)25-22)18-12-17(21(28)23-6)8-9-19(18)27/h7-12,15-16,20H,1-6H3,(H,23,28)(H,24,25,26). The summed E-state index contributed by atoms with van der Waals surface area (Å²) in [5, 5.41) is 6.24. The van der Waals surface area contributed by atoms with E-state index in [0.717, 1.165) is 16.9 Å². The van der Waals surface area contributed by atoms with Crippen LogP contribution in [-0.4, -0.2) is 29.0 Å². The molecular formula is C22H29N5O. The van der Waals surface area contributed by atoms with Gasteiger partial charge in [0, 0.05) is 47.8 Å². The Hall–Kier alpha value is -2.89. The predicted molar refractivity (Wildman–Crippen MR) is 114 cm³/mol. The molecule has 2 aromatic rings.